The predicted octanol–water partition coefficient (Wildman–Crippen LogP) is 0.649. The zero-order valence-electron chi connectivity index (χ0n) is 10.2. The zero-order valence-corrected chi connectivity index (χ0v) is 10.2. The van der Waals surface area contributed by atoms with Gasteiger partial charge in [-0.25, -0.2) is 8.78 Å². The Balaban J connectivity index is 1.68. The quantitative estimate of drug-likeness (QED) is 0.682. The van der Waals surface area contributed by atoms with Crippen LogP contribution in [0.15, 0.2) is 0 Å². The minimum absolute atomic E-state index is 0.235. The minimum Gasteiger partial charge on any atom is -0.385 e. The van der Waals surface area contributed by atoms with Crippen molar-refractivity contribution in [3.05, 3.63) is 0 Å². The third-order valence-electron chi connectivity index (χ3n) is 3.84. The Labute approximate surface area is 105 Å². The lowest BCUT2D eigenvalue weighted by Gasteiger charge is -2.28. The number of carbonyl (C=O) groups is 1. The van der Waals surface area contributed by atoms with E-state index < -0.39 is 12.5 Å². The minimum atomic E-state index is -2.81. The molecule has 2 aliphatic heterocycles. The van der Waals surface area contributed by atoms with Crippen LogP contribution in [-0.2, 0) is 4.79 Å². The van der Waals surface area contributed by atoms with Gasteiger partial charge in [-0.3, -0.25) is 4.79 Å². The molecule has 0 radical (unpaired) electrons. The highest BCUT2D eigenvalue weighted by Gasteiger charge is 2.34. The van der Waals surface area contributed by atoms with Gasteiger partial charge in [-0.05, 0) is 31.6 Å². The van der Waals surface area contributed by atoms with Crippen molar-refractivity contribution in [1.82, 2.24) is 10.6 Å². The van der Waals surface area contributed by atoms with Crippen molar-refractivity contribution in [2.24, 2.45) is 5.92 Å². The summed E-state index contributed by atoms with van der Waals surface area (Å²) >= 11 is 0. The number of carbonyl (C=O) groups excluding carboxylic acids is 1. The number of aliphatic hydroxyl groups excluding tert-OH is 1. The van der Waals surface area contributed by atoms with Crippen LogP contribution in [0.3, 0.4) is 0 Å². The van der Waals surface area contributed by atoms with Crippen LogP contribution in [0.1, 0.15) is 32.1 Å². The summed E-state index contributed by atoms with van der Waals surface area (Å²) in [6.07, 6.45) is 0.130. The zero-order chi connectivity index (χ0) is 13.1. The van der Waals surface area contributed by atoms with Crippen LogP contribution in [-0.4, -0.2) is 42.2 Å². The average molecular weight is 262 g/mol. The number of piperidine rings is 1. The Morgan fingerprint density at radius 3 is 2.50 bits per heavy atom. The molecule has 3 atom stereocenters. The second-order valence-corrected chi connectivity index (χ2v) is 5.39. The summed E-state index contributed by atoms with van der Waals surface area (Å²) in [6.45, 7) is -0.367. The SMILES string of the molecule is O=C(CC1CC2CCC(C1)N2)NCC(O)C(F)F. The third kappa shape index (κ3) is 3.62. The topological polar surface area (TPSA) is 61.4 Å². The van der Waals surface area contributed by atoms with Crippen molar-refractivity contribution >= 4 is 5.91 Å². The smallest absolute Gasteiger partial charge is 0.265 e. The number of fused-ring (bicyclic) bond motifs is 2. The van der Waals surface area contributed by atoms with Gasteiger partial charge in [-0.1, -0.05) is 0 Å². The molecule has 0 aromatic rings. The fraction of sp³-hybridized carbons (Fsp3) is 0.917. The van der Waals surface area contributed by atoms with Gasteiger partial charge in [-0.15, -0.1) is 0 Å². The van der Waals surface area contributed by atoms with Gasteiger partial charge >= 0.3 is 0 Å². The first-order valence-corrected chi connectivity index (χ1v) is 6.53. The van der Waals surface area contributed by atoms with E-state index in [-0.39, 0.29) is 12.5 Å². The molecule has 2 bridgehead atoms. The van der Waals surface area contributed by atoms with Crippen molar-refractivity contribution in [2.75, 3.05) is 6.54 Å². The monoisotopic (exact) mass is 262 g/mol. The van der Waals surface area contributed by atoms with E-state index in [0.717, 1.165) is 12.8 Å². The first-order valence-electron chi connectivity index (χ1n) is 6.53. The Kier molecular flexibility index (Phi) is 4.50. The molecule has 2 aliphatic rings. The summed E-state index contributed by atoms with van der Waals surface area (Å²) in [5, 5.41) is 14.8. The van der Waals surface area contributed by atoms with Gasteiger partial charge in [0, 0.05) is 25.0 Å². The van der Waals surface area contributed by atoms with Crippen molar-refractivity contribution in [1.29, 1.82) is 0 Å². The van der Waals surface area contributed by atoms with E-state index in [1.54, 1.807) is 0 Å². The van der Waals surface area contributed by atoms with Crippen molar-refractivity contribution in [2.45, 2.75) is 56.7 Å². The van der Waals surface area contributed by atoms with E-state index in [0.29, 0.717) is 24.4 Å². The van der Waals surface area contributed by atoms with Gasteiger partial charge in [0.2, 0.25) is 5.91 Å². The lowest BCUT2D eigenvalue weighted by molar-refractivity contribution is -0.123. The summed E-state index contributed by atoms with van der Waals surface area (Å²) in [7, 11) is 0. The van der Waals surface area contributed by atoms with Gasteiger partial charge in [-0.2, -0.15) is 0 Å². The number of alkyl halides is 2. The molecule has 4 nitrogen and oxygen atoms in total. The lowest BCUT2D eigenvalue weighted by atomic mass is 9.89. The molecule has 6 heteroatoms. The number of hydrogen-bond acceptors (Lipinski definition) is 3. The molecule has 0 aromatic carbocycles. The van der Waals surface area contributed by atoms with Crippen molar-refractivity contribution < 1.29 is 18.7 Å². The number of rotatable bonds is 5. The number of aliphatic hydroxyl groups is 1. The van der Waals surface area contributed by atoms with Crippen LogP contribution in [0.25, 0.3) is 0 Å². The second kappa shape index (κ2) is 5.93. The molecular weight excluding hydrogens is 242 g/mol. The highest BCUT2D eigenvalue weighted by molar-refractivity contribution is 5.76. The fourth-order valence-corrected chi connectivity index (χ4v) is 2.98. The van der Waals surface area contributed by atoms with E-state index >= 15 is 0 Å². The molecule has 2 saturated heterocycles. The lowest BCUT2D eigenvalue weighted by Crippen LogP contribution is -2.41. The number of nitrogens with one attached hydrogen (secondary N) is 2. The molecule has 104 valence electrons. The van der Waals surface area contributed by atoms with Gasteiger partial charge < -0.3 is 15.7 Å². The summed E-state index contributed by atoms with van der Waals surface area (Å²) in [5.41, 5.74) is 0. The molecule has 3 unspecified atom stereocenters. The van der Waals surface area contributed by atoms with Crippen molar-refractivity contribution in [3.63, 3.8) is 0 Å². The fourth-order valence-electron chi connectivity index (χ4n) is 2.98. The molecule has 3 N–H and O–H groups in total. The highest BCUT2D eigenvalue weighted by Crippen LogP contribution is 2.32. The normalized spacial score (nSPS) is 32.6. The summed E-state index contributed by atoms with van der Waals surface area (Å²) in [6, 6.07) is 1.04. The molecule has 18 heavy (non-hydrogen) atoms. The third-order valence-corrected chi connectivity index (χ3v) is 3.84. The van der Waals surface area contributed by atoms with E-state index in [1.165, 1.54) is 12.8 Å². The molecule has 0 aromatic heterocycles. The Morgan fingerprint density at radius 2 is 1.94 bits per heavy atom. The molecule has 2 heterocycles. The van der Waals surface area contributed by atoms with Crippen LogP contribution >= 0.6 is 0 Å². The molecule has 1 amide bonds. The van der Waals surface area contributed by atoms with Crippen LogP contribution < -0.4 is 10.6 Å². The van der Waals surface area contributed by atoms with Gasteiger partial charge in [0.15, 0.2) is 0 Å². The second-order valence-electron chi connectivity index (χ2n) is 5.39. The summed E-state index contributed by atoms with van der Waals surface area (Å²) in [4.78, 5) is 11.6. The van der Waals surface area contributed by atoms with Crippen LogP contribution in [0.2, 0.25) is 0 Å². The largest absolute Gasteiger partial charge is 0.385 e. The maximum Gasteiger partial charge on any atom is 0.265 e. The van der Waals surface area contributed by atoms with Crippen molar-refractivity contribution in [3.8, 4) is 0 Å². The molecule has 0 saturated carbocycles. The van der Waals surface area contributed by atoms with E-state index in [1.807, 2.05) is 0 Å². The highest BCUT2D eigenvalue weighted by atomic mass is 19.3. The van der Waals surface area contributed by atoms with E-state index in [4.69, 9.17) is 5.11 Å². The average Bonchev–Trinajstić information content (AvgIpc) is 2.65. The maximum atomic E-state index is 12.0. The first kappa shape index (κ1) is 13.7. The van der Waals surface area contributed by atoms with Gasteiger partial charge in [0.1, 0.15) is 6.10 Å². The molecule has 2 rings (SSSR count). The summed E-state index contributed by atoms with van der Waals surface area (Å²) in [5.74, 6) is 0.105. The Bertz CT molecular complexity index is 290. The van der Waals surface area contributed by atoms with E-state index in [9.17, 15) is 13.6 Å². The predicted molar refractivity (Wildman–Crippen MR) is 62.3 cm³/mol. The number of hydrogen-bond donors (Lipinski definition) is 3. The number of halogens is 2. The number of amides is 1. The summed E-state index contributed by atoms with van der Waals surface area (Å²) < 4.78 is 24.1. The molecule has 2 fully saturated rings. The van der Waals surface area contributed by atoms with Crippen LogP contribution in [0.5, 0.6) is 0 Å². The van der Waals surface area contributed by atoms with E-state index in [2.05, 4.69) is 10.6 Å². The van der Waals surface area contributed by atoms with Gasteiger partial charge in [0.25, 0.3) is 6.43 Å². The molecule has 0 aliphatic carbocycles. The standard InChI is InChI=1S/C12H20F2N2O2/c13-12(14)10(17)6-15-11(18)5-7-3-8-1-2-9(4-7)16-8/h7-10,12,16-17H,1-6H2,(H,15,18). The van der Waals surface area contributed by atoms with Crippen LogP contribution in [0, 0.1) is 5.92 Å². The Hall–Kier alpha value is -0.750. The van der Waals surface area contributed by atoms with Crippen LogP contribution in [0.4, 0.5) is 8.78 Å². The molecule has 0 spiro atoms. The van der Waals surface area contributed by atoms with Gasteiger partial charge in [0.05, 0.1) is 0 Å². The Morgan fingerprint density at radius 1 is 1.33 bits per heavy atom. The molecular formula is C12H20F2N2O2. The first-order chi connectivity index (χ1) is 8.54. The maximum absolute atomic E-state index is 12.0.